The maximum Gasteiger partial charge on any atom is 0.220 e. The van der Waals surface area contributed by atoms with Crippen LogP contribution in [0.3, 0.4) is 0 Å². The standard InChI is InChI=1S/C31H44O3S/c1-20-21-9-10-24-29(4,22(21)17-23(32)26(20)33)14-16-31(6)25-18-27(2,19-35(7,8)34)11-12-28(25,3)13-15-30(24,31)5/h9-10,17,25,33H,7,11-16,18-19H2,1-6,8H3/t25-,27-,28-,29+,30-,31+,35?/m1/s1. The van der Waals surface area contributed by atoms with E-state index in [1.165, 1.54) is 24.8 Å². The van der Waals surface area contributed by atoms with Gasteiger partial charge in [-0.25, -0.2) is 0 Å². The molecule has 0 spiro atoms. The fraction of sp³-hybridized carbons (Fsp3) is 0.677. The summed E-state index contributed by atoms with van der Waals surface area (Å²) in [6.07, 6.45) is 16.0. The second kappa shape index (κ2) is 7.27. The molecule has 5 aliphatic rings. The van der Waals surface area contributed by atoms with Gasteiger partial charge in [0, 0.05) is 23.0 Å². The van der Waals surface area contributed by atoms with E-state index in [4.69, 9.17) is 0 Å². The van der Waals surface area contributed by atoms with E-state index in [9.17, 15) is 14.1 Å². The summed E-state index contributed by atoms with van der Waals surface area (Å²) >= 11 is 0. The Kier molecular flexibility index (Phi) is 5.22. The third-order valence-electron chi connectivity index (χ3n) is 11.6. The van der Waals surface area contributed by atoms with Crippen molar-refractivity contribution >= 4 is 21.2 Å². The van der Waals surface area contributed by atoms with E-state index in [0.29, 0.717) is 16.9 Å². The van der Waals surface area contributed by atoms with Crippen LogP contribution in [0.5, 0.6) is 0 Å². The molecular formula is C31H44O3S. The van der Waals surface area contributed by atoms with Gasteiger partial charge < -0.3 is 5.11 Å². The van der Waals surface area contributed by atoms with Gasteiger partial charge in [0.1, 0.15) is 0 Å². The molecule has 192 valence electrons. The van der Waals surface area contributed by atoms with Crippen LogP contribution in [0.4, 0.5) is 0 Å². The molecule has 5 rings (SSSR count). The first-order valence-electron chi connectivity index (χ1n) is 13.4. The fourth-order valence-electron chi connectivity index (χ4n) is 9.39. The lowest BCUT2D eigenvalue weighted by Gasteiger charge is -2.70. The molecule has 4 heteroatoms. The number of carbonyl (C=O) groups excluding carboxylic acids is 1. The number of hydrogen-bond acceptors (Lipinski definition) is 3. The molecule has 0 amide bonds. The van der Waals surface area contributed by atoms with Crippen molar-refractivity contribution in [3.63, 3.8) is 0 Å². The smallest absolute Gasteiger partial charge is 0.220 e. The van der Waals surface area contributed by atoms with Crippen molar-refractivity contribution in [1.29, 1.82) is 0 Å². The Morgan fingerprint density at radius 1 is 1.03 bits per heavy atom. The molecular weight excluding hydrogens is 452 g/mol. The lowest BCUT2D eigenvalue weighted by atomic mass is 9.34. The van der Waals surface area contributed by atoms with Crippen molar-refractivity contribution in [2.45, 2.75) is 86.5 Å². The average Bonchev–Trinajstić information content (AvgIpc) is 2.75. The van der Waals surface area contributed by atoms with Gasteiger partial charge in [-0.3, -0.25) is 9.00 Å². The summed E-state index contributed by atoms with van der Waals surface area (Å²) < 4.78 is 12.8. The van der Waals surface area contributed by atoms with Gasteiger partial charge in [-0.2, -0.15) is 0 Å². The molecule has 0 aromatic rings. The zero-order valence-corrected chi connectivity index (χ0v) is 23.7. The van der Waals surface area contributed by atoms with Crippen LogP contribution in [0.15, 0.2) is 46.3 Å². The maximum absolute atomic E-state index is 12.8. The lowest BCUT2D eigenvalue weighted by molar-refractivity contribution is -0.158. The van der Waals surface area contributed by atoms with E-state index < -0.39 is 9.52 Å². The monoisotopic (exact) mass is 496 g/mol. The Morgan fingerprint density at radius 3 is 2.34 bits per heavy atom. The number of rotatable bonds is 2. The highest BCUT2D eigenvalue weighted by Gasteiger charge is 2.66. The minimum atomic E-state index is -2.04. The van der Waals surface area contributed by atoms with Crippen LogP contribution in [0.25, 0.3) is 0 Å². The van der Waals surface area contributed by atoms with Crippen molar-refractivity contribution in [2.24, 2.45) is 33.0 Å². The molecule has 0 aromatic heterocycles. The first kappa shape index (κ1) is 25.1. The minimum absolute atomic E-state index is 0.0313. The minimum Gasteiger partial charge on any atom is -0.504 e. The summed E-state index contributed by atoms with van der Waals surface area (Å²) in [7, 11) is -2.04. The molecule has 7 atom stereocenters. The normalized spacial score (nSPS) is 46.8. The zero-order chi connectivity index (χ0) is 25.8. The second-order valence-electron chi connectivity index (χ2n) is 14.2. The van der Waals surface area contributed by atoms with Crippen molar-refractivity contribution in [1.82, 2.24) is 0 Å². The number of aliphatic hydroxyl groups excluding tert-OH is 1. The summed E-state index contributed by atoms with van der Waals surface area (Å²) in [4.78, 5) is 12.7. The second-order valence-corrected chi connectivity index (χ2v) is 16.8. The number of hydrogen-bond donors (Lipinski definition) is 1. The molecule has 35 heavy (non-hydrogen) atoms. The van der Waals surface area contributed by atoms with E-state index >= 15 is 0 Å². The lowest BCUT2D eigenvalue weighted by Crippen LogP contribution is -2.62. The van der Waals surface area contributed by atoms with Crippen molar-refractivity contribution in [3.8, 4) is 0 Å². The van der Waals surface area contributed by atoms with Crippen molar-refractivity contribution in [2.75, 3.05) is 12.0 Å². The summed E-state index contributed by atoms with van der Waals surface area (Å²) in [5.41, 5.74) is 4.68. The molecule has 1 N–H and O–H groups in total. The van der Waals surface area contributed by atoms with E-state index in [-0.39, 0.29) is 33.2 Å². The van der Waals surface area contributed by atoms with Crippen LogP contribution < -0.4 is 0 Å². The molecule has 0 radical (unpaired) electrons. The predicted octanol–water partition coefficient (Wildman–Crippen LogP) is 6.96. The van der Waals surface area contributed by atoms with E-state index in [0.717, 1.165) is 42.6 Å². The van der Waals surface area contributed by atoms with Crippen LogP contribution in [0.1, 0.15) is 86.5 Å². The SMILES string of the molecule is C=S(C)(=O)C[C@]1(C)CC[C@]2(C)CC[C@]3(C)C4=CC=C5C(=CC(=O)C(O)=C5C)[C@]4(C)CC[C@@]3(C)[C@@H]2C1. The summed E-state index contributed by atoms with van der Waals surface area (Å²) in [5.74, 6) is 4.94. The molecule has 0 aliphatic heterocycles. The molecule has 5 aliphatic carbocycles. The Labute approximate surface area is 212 Å². The van der Waals surface area contributed by atoms with Crippen molar-refractivity contribution in [3.05, 3.63) is 46.3 Å². The highest BCUT2D eigenvalue weighted by Crippen LogP contribution is 2.75. The third-order valence-corrected chi connectivity index (χ3v) is 12.9. The van der Waals surface area contributed by atoms with Gasteiger partial charge in [-0.05, 0) is 112 Å². The average molecular weight is 497 g/mol. The molecule has 0 heterocycles. The van der Waals surface area contributed by atoms with E-state index in [2.05, 4.69) is 52.6 Å². The number of fused-ring (bicyclic) bond motifs is 7. The first-order chi connectivity index (χ1) is 16.0. The molecule has 0 saturated heterocycles. The van der Waals surface area contributed by atoms with Crippen LogP contribution in [-0.2, 0) is 14.3 Å². The zero-order valence-electron chi connectivity index (χ0n) is 22.8. The summed E-state index contributed by atoms with van der Waals surface area (Å²) in [6.45, 7) is 14.1. The van der Waals surface area contributed by atoms with Gasteiger partial charge in [-0.1, -0.05) is 52.3 Å². The topological polar surface area (TPSA) is 54.4 Å². The Morgan fingerprint density at radius 2 is 1.69 bits per heavy atom. The number of carbonyl (C=O) groups is 1. The highest BCUT2D eigenvalue weighted by atomic mass is 32.2. The van der Waals surface area contributed by atoms with E-state index in [1.54, 1.807) is 6.08 Å². The van der Waals surface area contributed by atoms with Crippen LogP contribution in [0.2, 0.25) is 0 Å². The third kappa shape index (κ3) is 3.37. The van der Waals surface area contributed by atoms with Gasteiger partial charge in [0.05, 0.1) is 0 Å². The fourth-order valence-corrected chi connectivity index (χ4v) is 11.1. The Balaban J connectivity index is 1.61. The molecule has 1 unspecified atom stereocenters. The van der Waals surface area contributed by atoms with Gasteiger partial charge in [0.25, 0.3) is 0 Å². The van der Waals surface area contributed by atoms with Gasteiger partial charge >= 0.3 is 0 Å². The van der Waals surface area contributed by atoms with Crippen LogP contribution >= 0.6 is 0 Å². The highest BCUT2D eigenvalue weighted by molar-refractivity contribution is 7.99. The molecule has 3 nitrogen and oxygen atoms in total. The Bertz CT molecular complexity index is 1250. The molecule has 0 aromatic carbocycles. The predicted molar refractivity (Wildman–Crippen MR) is 147 cm³/mol. The number of allylic oxidation sites excluding steroid dienone is 7. The molecule has 0 bridgehead atoms. The maximum atomic E-state index is 12.8. The summed E-state index contributed by atoms with van der Waals surface area (Å²) in [5, 5.41) is 10.3. The first-order valence-corrected chi connectivity index (χ1v) is 15.7. The van der Waals surface area contributed by atoms with Crippen molar-refractivity contribution < 1.29 is 14.1 Å². The largest absolute Gasteiger partial charge is 0.504 e. The van der Waals surface area contributed by atoms with E-state index in [1.807, 2.05) is 13.2 Å². The van der Waals surface area contributed by atoms with Gasteiger partial charge in [0.15, 0.2) is 5.76 Å². The van der Waals surface area contributed by atoms with Crippen LogP contribution in [0, 0.1) is 33.0 Å². The van der Waals surface area contributed by atoms with Crippen LogP contribution in [-0.4, -0.2) is 33.0 Å². The summed E-state index contributed by atoms with van der Waals surface area (Å²) in [6, 6.07) is 0. The number of ketones is 1. The van der Waals surface area contributed by atoms with Gasteiger partial charge in [-0.15, -0.1) is 0 Å². The quantitative estimate of drug-likeness (QED) is 0.421. The molecule has 3 saturated carbocycles. The molecule has 3 fully saturated rings. The Hall–Kier alpha value is -1.55. The number of aliphatic hydroxyl groups is 1. The van der Waals surface area contributed by atoms with Gasteiger partial charge in [0.2, 0.25) is 5.78 Å².